The lowest BCUT2D eigenvalue weighted by Crippen LogP contribution is -2.39. The van der Waals surface area contributed by atoms with Gasteiger partial charge in [0.15, 0.2) is 0 Å². The van der Waals surface area contributed by atoms with Gasteiger partial charge in [-0.25, -0.2) is 0 Å². The van der Waals surface area contributed by atoms with E-state index >= 15 is 0 Å². The fourth-order valence-corrected chi connectivity index (χ4v) is 5.74. The number of para-hydroxylation sites is 1. The summed E-state index contributed by atoms with van der Waals surface area (Å²) in [6.45, 7) is 10.8. The van der Waals surface area contributed by atoms with Crippen molar-refractivity contribution in [1.82, 2.24) is 4.90 Å². The Morgan fingerprint density at radius 1 is 1.08 bits per heavy atom. The second-order valence-corrected chi connectivity index (χ2v) is 8.31. The first kappa shape index (κ1) is 14.5. The molecule has 0 radical (unpaired) electrons. The van der Waals surface area contributed by atoms with Crippen LogP contribution in [0.4, 0.5) is 0 Å². The fraction of sp³-hybridized carbons (Fsp3) is 0.455. The number of aryl methyl sites for hydroxylation is 1. The maximum absolute atomic E-state index is 6.07. The van der Waals surface area contributed by atoms with Crippen molar-refractivity contribution in [3.05, 3.63) is 47.5 Å². The number of nitrogens with zero attached hydrogens (tertiary/aromatic N) is 1. The van der Waals surface area contributed by atoms with E-state index in [0.29, 0.717) is 17.5 Å². The standard InChI is InChI=1S/C22H25NO/c1-13-11-20-17(15-7-5-6-8-19(15)24-20)12-16(13)21-14(2)23-10-9-18(21)22(23,3)4/h5-8,11-12,14,18,21H,9-10H2,1-4H3/t14-,18?,21?/m1/s1. The average molecular weight is 319 g/mol. The predicted molar refractivity (Wildman–Crippen MR) is 99.6 cm³/mol. The van der Waals surface area contributed by atoms with Gasteiger partial charge in [0.2, 0.25) is 0 Å². The smallest absolute Gasteiger partial charge is 0.135 e. The Bertz CT molecular complexity index is 951. The normalized spacial score (nSPS) is 31.3. The molecule has 0 amide bonds. The van der Waals surface area contributed by atoms with Crippen molar-refractivity contribution in [2.45, 2.75) is 51.6 Å². The van der Waals surface area contributed by atoms with Crippen LogP contribution in [0.15, 0.2) is 40.8 Å². The molecule has 0 N–H and O–H groups in total. The van der Waals surface area contributed by atoms with Crippen molar-refractivity contribution >= 4 is 21.9 Å². The zero-order valence-corrected chi connectivity index (χ0v) is 15.0. The summed E-state index contributed by atoms with van der Waals surface area (Å²) in [5, 5.41) is 2.51. The van der Waals surface area contributed by atoms with E-state index in [9.17, 15) is 0 Å². The summed E-state index contributed by atoms with van der Waals surface area (Å²) in [4.78, 5) is 2.72. The van der Waals surface area contributed by atoms with Crippen molar-refractivity contribution in [1.29, 1.82) is 0 Å². The second-order valence-electron chi connectivity index (χ2n) is 8.31. The van der Waals surface area contributed by atoms with Gasteiger partial charge in [-0.3, -0.25) is 4.90 Å². The quantitative estimate of drug-likeness (QED) is 0.590. The van der Waals surface area contributed by atoms with Gasteiger partial charge in [-0.1, -0.05) is 18.2 Å². The Kier molecular flexibility index (Phi) is 2.81. The van der Waals surface area contributed by atoms with Crippen molar-refractivity contribution in [3.8, 4) is 0 Å². The third-order valence-corrected chi connectivity index (χ3v) is 6.90. The molecule has 0 aliphatic carbocycles. The van der Waals surface area contributed by atoms with Gasteiger partial charge in [-0.15, -0.1) is 0 Å². The van der Waals surface area contributed by atoms with Gasteiger partial charge in [-0.2, -0.15) is 0 Å². The summed E-state index contributed by atoms with van der Waals surface area (Å²) in [6, 6.07) is 13.7. The van der Waals surface area contributed by atoms with E-state index < -0.39 is 0 Å². The Morgan fingerprint density at radius 2 is 1.88 bits per heavy atom. The first-order chi connectivity index (χ1) is 11.5. The largest absolute Gasteiger partial charge is 0.456 e. The number of rotatable bonds is 1. The SMILES string of the molecule is Cc1cc2oc3ccccc3c2cc1C1C2CCN([C@@H]1C)C2(C)C. The number of hydrogen-bond donors (Lipinski definition) is 0. The molecule has 2 aliphatic heterocycles. The summed E-state index contributed by atoms with van der Waals surface area (Å²) in [5.74, 6) is 1.38. The molecule has 2 heteroatoms. The first-order valence-corrected chi connectivity index (χ1v) is 9.17. The maximum atomic E-state index is 6.07. The molecular formula is C22H25NO. The molecule has 5 rings (SSSR count). The molecule has 2 nitrogen and oxygen atoms in total. The number of fused-ring (bicyclic) bond motifs is 5. The Labute approximate surface area is 143 Å². The van der Waals surface area contributed by atoms with Crippen LogP contribution in [-0.4, -0.2) is 23.0 Å². The van der Waals surface area contributed by atoms with Gasteiger partial charge >= 0.3 is 0 Å². The van der Waals surface area contributed by atoms with Gasteiger partial charge in [0.25, 0.3) is 0 Å². The minimum Gasteiger partial charge on any atom is -0.456 e. The molecule has 2 saturated heterocycles. The van der Waals surface area contributed by atoms with Crippen LogP contribution in [0.25, 0.3) is 21.9 Å². The Morgan fingerprint density at radius 3 is 2.62 bits per heavy atom. The molecular weight excluding hydrogens is 294 g/mol. The molecule has 2 aromatic carbocycles. The highest BCUT2D eigenvalue weighted by Gasteiger charge is 2.56. The van der Waals surface area contributed by atoms with Crippen LogP contribution < -0.4 is 0 Å². The van der Waals surface area contributed by atoms with Crippen molar-refractivity contribution in [3.63, 3.8) is 0 Å². The maximum Gasteiger partial charge on any atom is 0.135 e. The second kappa shape index (κ2) is 4.64. The van der Waals surface area contributed by atoms with E-state index in [1.807, 2.05) is 6.07 Å². The molecule has 0 spiro atoms. The Hall–Kier alpha value is -1.80. The Balaban J connectivity index is 1.72. The highest BCUT2D eigenvalue weighted by Crippen LogP contribution is 2.55. The molecule has 24 heavy (non-hydrogen) atoms. The van der Waals surface area contributed by atoms with E-state index in [-0.39, 0.29) is 0 Å². The first-order valence-electron chi connectivity index (χ1n) is 9.17. The third kappa shape index (κ3) is 1.70. The van der Waals surface area contributed by atoms with E-state index in [1.165, 1.54) is 34.9 Å². The predicted octanol–water partition coefficient (Wildman–Crippen LogP) is 5.48. The minimum absolute atomic E-state index is 0.323. The van der Waals surface area contributed by atoms with Gasteiger partial charge in [-0.05, 0) is 75.9 Å². The summed E-state index contributed by atoms with van der Waals surface area (Å²) in [5.41, 5.74) is 5.25. The topological polar surface area (TPSA) is 16.4 Å². The molecule has 1 aromatic heterocycles. The van der Waals surface area contributed by atoms with Crippen LogP contribution in [-0.2, 0) is 0 Å². The lowest BCUT2D eigenvalue weighted by Gasteiger charge is -2.31. The highest BCUT2D eigenvalue weighted by atomic mass is 16.3. The van der Waals surface area contributed by atoms with Crippen LogP contribution in [0.1, 0.15) is 44.2 Å². The summed E-state index contributed by atoms with van der Waals surface area (Å²) in [6.07, 6.45) is 1.33. The van der Waals surface area contributed by atoms with Gasteiger partial charge in [0, 0.05) is 28.3 Å². The molecule has 2 bridgehead atoms. The molecule has 3 unspecified atom stereocenters. The van der Waals surface area contributed by atoms with E-state index in [1.54, 1.807) is 0 Å². The molecule has 4 atom stereocenters. The number of benzene rings is 2. The summed E-state index contributed by atoms with van der Waals surface area (Å²) < 4.78 is 6.07. The molecule has 2 aliphatic rings. The number of piperidine rings is 1. The summed E-state index contributed by atoms with van der Waals surface area (Å²) in [7, 11) is 0. The molecule has 124 valence electrons. The molecule has 0 saturated carbocycles. The van der Waals surface area contributed by atoms with Crippen molar-refractivity contribution in [2.75, 3.05) is 6.54 Å². The zero-order chi connectivity index (χ0) is 16.6. The van der Waals surface area contributed by atoms with E-state index in [0.717, 1.165) is 17.1 Å². The molecule has 3 aromatic rings. The van der Waals surface area contributed by atoms with Gasteiger partial charge in [0.05, 0.1) is 0 Å². The van der Waals surface area contributed by atoms with E-state index in [4.69, 9.17) is 4.42 Å². The van der Waals surface area contributed by atoms with Crippen LogP contribution in [0.5, 0.6) is 0 Å². The molecule has 3 heterocycles. The third-order valence-electron chi connectivity index (χ3n) is 6.90. The minimum atomic E-state index is 0.323. The van der Waals surface area contributed by atoms with Crippen LogP contribution >= 0.6 is 0 Å². The number of hydrogen-bond acceptors (Lipinski definition) is 2. The fourth-order valence-electron chi connectivity index (χ4n) is 5.74. The van der Waals surface area contributed by atoms with Crippen molar-refractivity contribution in [2.24, 2.45) is 5.92 Å². The van der Waals surface area contributed by atoms with Gasteiger partial charge < -0.3 is 4.42 Å². The van der Waals surface area contributed by atoms with E-state index in [2.05, 4.69) is 62.9 Å². The van der Waals surface area contributed by atoms with Gasteiger partial charge in [0.1, 0.15) is 11.2 Å². The van der Waals surface area contributed by atoms with Crippen LogP contribution in [0.3, 0.4) is 0 Å². The lowest BCUT2D eigenvalue weighted by molar-refractivity contribution is 0.169. The summed E-state index contributed by atoms with van der Waals surface area (Å²) >= 11 is 0. The highest BCUT2D eigenvalue weighted by molar-refractivity contribution is 6.05. The van der Waals surface area contributed by atoms with Crippen LogP contribution in [0, 0.1) is 12.8 Å². The van der Waals surface area contributed by atoms with Crippen LogP contribution in [0.2, 0.25) is 0 Å². The average Bonchev–Trinajstić information content (AvgIpc) is 3.11. The zero-order valence-electron chi connectivity index (χ0n) is 15.0. The lowest BCUT2D eigenvalue weighted by atomic mass is 9.75. The van der Waals surface area contributed by atoms with Crippen molar-refractivity contribution < 1.29 is 4.42 Å². The molecule has 2 fully saturated rings. The number of furan rings is 1. The monoisotopic (exact) mass is 319 g/mol.